The minimum absolute atomic E-state index is 0.456. The Kier molecular flexibility index (Phi) is 2.86. The van der Waals surface area contributed by atoms with Gasteiger partial charge in [-0.3, -0.25) is 4.57 Å². The van der Waals surface area contributed by atoms with Crippen LogP contribution in [0.25, 0.3) is 5.69 Å². The zero-order chi connectivity index (χ0) is 12.7. The highest BCUT2D eigenvalue weighted by Crippen LogP contribution is 2.40. The molecule has 0 atom stereocenters. The molecule has 1 heterocycles. The largest absolute Gasteiger partial charge is 0.270 e. The number of benzene rings is 1. The quantitative estimate of drug-likeness (QED) is 0.838. The van der Waals surface area contributed by atoms with Gasteiger partial charge in [0, 0.05) is 5.92 Å². The lowest BCUT2D eigenvalue weighted by Gasteiger charge is -2.11. The van der Waals surface area contributed by atoms with Crippen molar-refractivity contribution in [3.8, 4) is 5.69 Å². The Bertz CT molecular complexity index is 570. The monoisotopic (exact) mass is 261 g/mol. The summed E-state index contributed by atoms with van der Waals surface area (Å²) in [6, 6.07) is 8.44. The second kappa shape index (κ2) is 4.39. The number of hydrogen-bond acceptors (Lipinski definition) is 2. The van der Waals surface area contributed by atoms with Gasteiger partial charge in [0.25, 0.3) is 0 Å². The second-order valence-corrected chi connectivity index (χ2v) is 5.52. The van der Waals surface area contributed by atoms with Gasteiger partial charge in [-0.25, -0.2) is 0 Å². The van der Waals surface area contributed by atoms with Crippen LogP contribution in [0.3, 0.4) is 0 Å². The van der Waals surface area contributed by atoms with Crippen LogP contribution in [0.2, 0.25) is 5.28 Å². The molecule has 1 saturated carbocycles. The lowest BCUT2D eigenvalue weighted by Crippen LogP contribution is -2.01. The van der Waals surface area contributed by atoms with E-state index in [1.165, 1.54) is 18.4 Å². The first-order valence-electron chi connectivity index (χ1n) is 6.38. The van der Waals surface area contributed by atoms with Crippen LogP contribution in [0.5, 0.6) is 0 Å². The molecule has 0 aliphatic heterocycles. The third kappa shape index (κ3) is 2.03. The van der Waals surface area contributed by atoms with Crippen molar-refractivity contribution in [1.29, 1.82) is 0 Å². The van der Waals surface area contributed by atoms with Gasteiger partial charge in [-0.15, -0.1) is 10.2 Å². The molecule has 0 saturated heterocycles. The van der Waals surface area contributed by atoms with Gasteiger partial charge in [0.2, 0.25) is 5.28 Å². The van der Waals surface area contributed by atoms with Gasteiger partial charge < -0.3 is 0 Å². The second-order valence-electron chi connectivity index (χ2n) is 5.19. The number of halogens is 1. The Morgan fingerprint density at radius 3 is 2.72 bits per heavy atom. The average molecular weight is 262 g/mol. The van der Waals surface area contributed by atoms with E-state index in [0.29, 0.717) is 17.1 Å². The Hall–Kier alpha value is -1.35. The van der Waals surface area contributed by atoms with E-state index in [0.717, 1.165) is 11.5 Å². The van der Waals surface area contributed by atoms with Crippen LogP contribution >= 0.6 is 11.6 Å². The SMILES string of the molecule is CC(C)c1cccc(-n2c(Cl)nnc2C2CC2)c1. The van der Waals surface area contributed by atoms with Crippen molar-refractivity contribution >= 4 is 11.6 Å². The van der Waals surface area contributed by atoms with Gasteiger partial charge in [-0.1, -0.05) is 26.0 Å². The summed E-state index contributed by atoms with van der Waals surface area (Å²) < 4.78 is 1.98. The van der Waals surface area contributed by atoms with Gasteiger partial charge in [0.1, 0.15) is 5.82 Å². The summed E-state index contributed by atoms with van der Waals surface area (Å²) in [5.74, 6) is 2.04. The molecule has 0 amide bonds. The lowest BCUT2D eigenvalue weighted by atomic mass is 10.0. The zero-order valence-corrected chi connectivity index (χ0v) is 11.4. The Morgan fingerprint density at radius 1 is 1.28 bits per heavy atom. The molecule has 3 rings (SSSR count). The fourth-order valence-corrected chi connectivity index (χ4v) is 2.37. The van der Waals surface area contributed by atoms with E-state index in [2.05, 4.69) is 48.3 Å². The zero-order valence-electron chi connectivity index (χ0n) is 10.6. The van der Waals surface area contributed by atoms with E-state index >= 15 is 0 Å². The molecular weight excluding hydrogens is 246 g/mol. The van der Waals surface area contributed by atoms with Gasteiger partial charge in [-0.05, 0) is 48.1 Å². The molecule has 0 radical (unpaired) electrons. The van der Waals surface area contributed by atoms with Gasteiger partial charge >= 0.3 is 0 Å². The van der Waals surface area contributed by atoms with Crippen molar-refractivity contribution in [2.75, 3.05) is 0 Å². The molecule has 4 heteroatoms. The predicted molar refractivity (Wildman–Crippen MR) is 72.4 cm³/mol. The van der Waals surface area contributed by atoms with E-state index in [1.54, 1.807) is 0 Å². The summed E-state index contributed by atoms with van der Waals surface area (Å²) in [6.07, 6.45) is 2.39. The summed E-state index contributed by atoms with van der Waals surface area (Å²) in [6.45, 7) is 4.38. The maximum absolute atomic E-state index is 6.17. The summed E-state index contributed by atoms with van der Waals surface area (Å²) >= 11 is 6.17. The molecule has 0 N–H and O–H groups in total. The summed E-state index contributed by atoms with van der Waals surface area (Å²) in [5.41, 5.74) is 2.37. The highest BCUT2D eigenvalue weighted by Gasteiger charge is 2.30. The maximum Gasteiger partial charge on any atom is 0.229 e. The summed E-state index contributed by atoms with van der Waals surface area (Å²) in [7, 11) is 0. The summed E-state index contributed by atoms with van der Waals surface area (Å²) in [5, 5.41) is 8.67. The molecule has 94 valence electrons. The van der Waals surface area contributed by atoms with Crippen LogP contribution in [-0.4, -0.2) is 14.8 Å². The van der Waals surface area contributed by atoms with E-state index in [1.807, 2.05) is 4.57 Å². The molecule has 18 heavy (non-hydrogen) atoms. The third-order valence-electron chi connectivity index (χ3n) is 3.39. The minimum atomic E-state index is 0.456. The van der Waals surface area contributed by atoms with Gasteiger partial charge in [0.05, 0.1) is 5.69 Å². The fourth-order valence-electron chi connectivity index (χ4n) is 2.14. The number of aromatic nitrogens is 3. The summed E-state index contributed by atoms with van der Waals surface area (Å²) in [4.78, 5) is 0. The van der Waals surface area contributed by atoms with Crippen LogP contribution in [-0.2, 0) is 0 Å². The first kappa shape index (κ1) is 11.7. The van der Waals surface area contributed by atoms with E-state index in [9.17, 15) is 0 Å². The number of rotatable bonds is 3. The van der Waals surface area contributed by atoms with Crippen LogP contribution in [0.15, 0.2) is 24.3 Å². The topological polar surface area (TPSA) is 30.7 Å². The molecule has 0 bridgehead atoms. The molecule has 0 spiro atoms. The van der Waals surface area contributed by atoms with Gasteiger partial charge in [0.15, 0.2) is 0 Å². The van der Waals surface area contributed by atoms with Gasteiger partial charge in [-0.2, -0.15) is 0 Å². The van der Waals surface area contributed by atoms with Crippen molar-refractivity contribution in [1.82, 2.24) is 14.8 Å². The molecule has 1 aliphatic rings. The van der Waals surface area contributed by atoms with Crippen LogP contribution in [0.1, 0.15) is 49.9 Å². The molecule has 1 aromatic heterocycles. The normalized spacial score (nSPS) is 15.3. The molecule has 1 aromatic carbocycles. The van der Waals surface area contributed by atoms with Crippen LogP contribution in [0.4, 0.5) is 0 Å². The van der Waals surface area contributed by atoms with Crippen molar-refractivity contribution < 1.29 is 0 Å². The minimum Gasteiger partial charge on any atom is -0.270 e. The Morgan fingerprint density at radius 2 is 2.06 bits per heavy atom. The number of nitrogens with zero attached hydrogens (tertiary/aromatic N) is 3. The van der Waals surface area contributed by atoms with Crippen molar-refractivity contribution in [3.05, 3.63) is 40.9 Å². The van der Waals surface area contributed by atoms with Crippen LogP contribution in [0, 0.1) is 0 Å². The number of hydrogen-bond donors (Lipinski definition) is 0. The third-order valence-corrected chi connectivity index (χ3v) is 3.63. The predicted octanol–water partition coefficient (Wildman–Crippen LogP) is 3.92. The van der Waals surface area contributed by atoms with Crippen molar-refractivity contribution in [2.45, 2.75) is 38.5 Å². The smallest absolute Gasteiger partial charge is 0.229 e. The standard InChI is InChI=1S/C14H16ClN3/c1-9(2)11-4-3-5-12(8-11)18-13(10-6-7-10)16-17-14(18)15/h3-5,8-10H,6-7H2,1-2H3. The van der Waals surface area contributed by atoms with E-state index < -0.39 is 0 Å². The molecular formula is C14H16ClN3. The first-order valence-corrected chi connectivity index (χ1v) is 6.75. The van der Waals surface area contributed by atoms with Crippen molar-refractivity contribution in [2.24, 2.45) is 0 Å². The first-order chi connectivity index (χ1) is 8.66. The van der Waals surface area contributed by atoms with Crippen molar-refractivity contribution in [3.63, 3.8) is 0 Å². The Labute approximate surface area is 112 Å². The fraction of sp³-hybridized carbons (Fsp3) is 0.429. The molecule has 0 unspecified atom stereocenters. The molecule has 1 fully saturated rings. The molecule has 1 aliphatic carbocycles. The highest BCUT2D eigenvalue weighted by molar-refractivity contribution is 6.28. The average Bonchev–Trinajstić information content (AvgIpc) is 3.13. The lowest BCUT2D eigenvalue weighted by molar-refractivity contribution is 0.848. The van der Waals surface area contributed by atoms with E-state index in [4.69, 9.17) is 11.6 Å². The Balaban J connectivity index is 2.08. The van der Waals surface area contributed by atoms with E-state index in [-0.39, 0.29) is 0 Å². The highest BCUT2D eigenvalue weighted by atomic mass is 35.5. The maximum atomic E-state index is 6.17. The molecule has 3 nitrogen and oxygen atoms in total. The van der Waals surface area contributed by atoms with Crippen LogP contribution < -0.4 is 0 Å². The molecule has 2 aromatic rings.